The number of carbonyl (C=O) groups is 2. The molecule has 120 valence electrons. The molecule has 1 aromatic carbocycles. The van der Waals surface area contributed by atoms with Crippen LogP contribution in [0.2, 0.25) is 0 Å². The Kier molecular flexibility index (Phi) is 5.69. The Balaban J connectivity index is 1.89. The van der Waals surface area contributed by atoms with Crippen LogP contribution in [0.15, 0.2) is 24.3 Å². The van der Waals surface area contributed by atoms with Gasteiger partial charge in [-0.2, -0.15) is 0 Å². The fourth-order valence-corrected chi connectivity index (χ4v) is 2.50. The van der Waals surface area contributed by atoms with Crippen LogP contribution in [0.1, 0.15) is 32.3 Å². The summed E-state index contributed by atoms with van der Waals surface area (Å²) in [5.41, 5.74) is 1.68. The van der Waals surface area contributed by atoms with Crippen LogP contribution >= 0.6 is 0 Å². The third-order valence-corrected chi connectivity index (χ3v) is 3.57. The second kappa shape index (κ2) is 7.51. The van der Waals surface area contributed by atoms with E-state index in [1.54, 1.807) is 6.07 Å². The van der Waals surface area contributed by atoms with Crippen molar-refractivity contribution in [1.82, 2.24) is 5.32 Å². The van der Waals surface area contributed by atoms with Gasteiger partial charge >= 0.3 is 0 Å². The number of hydrogen-bond acceptors (Lipinski definition) is 4. The number of ether oxygens (including phenoxy) is 1. The number of anilines is 1. The smallest absolute Gasteiger partial charge is 0.251 e. The van der Waals surface area contributed by atoms with E-state index in [-0.39, 0.29) is 24.3 Å². The first kappa shape index (κ1) is 16.6. The van der Waals surface area contributed by atoms with Crippen molar-refractivity contribution in [3.63, 3.8) is 0 Å². The Labute approximate surface area is 131 Å². The predicted molar refractivity (Wildman–Crippen MR) is 85.8 cm³/mol. The molecule has 5 nitrogen and oxygen atoms in total. The van der Waals surface area contributed by atoms with Crippen LogP contribution in [-0.4, -0.2) is 37.1 Å². The monoisotopic (exact) mass is 304 g/mol. The zero-order valence-corrected chi connectivity index (χ0v) is 13.5. The van der Waals surface area contributed by atoms with Crippen molar-refractivity contribution >= 4 is 17.5 Å². The van der Waals surface area contributed by atoms with Gasteiger partial charge in [-0.25, -0.2) is 4.90 Å². The maximum Gasteiger partial charge on any atom is 0.251 e. The molecule has 0 saturated carbocycles. The van der Waals surface area contributed by atoms with Crippen LogP contribution in [0, 0.1) is 6.92 Å². The van der Waals surface area contributed by atoms with Crippen LogP contribution in [0.25, 0.3) is 0 Å². The first-order valence-electron chi connectivity index (χ1n) is 7.77. The molecule has 0 aliphatic carbocycles. The SMILES string of the molecule is Cc1cccc(N2C(=O)CC(NCCCOC(C)C)C2=O)c1. The van der Waals surface area contributed by atoms with E-state index < -0.39 is 6.04 Å². The van der Waals surface area contributed by atoms with Gasteiger partial charge in [-0.1, -0.05) is 12.1 Å². The number of carbonyl (C=O) groups excluding carboxylic acids is 2. The fraction of sp³-hybridized carbons (Fsp3) is 0.529. The summed E-state index contributed by atoms with van der Waals surface area (Å²) in [5.74, 6) is -0.313. The summed E-state index contributed by atoms with van der Waals surface area (Å²) in [7, 11) is 0. The third-order valence-electron chi connectivity index (χ3n) is 3.57. The summed E-state index contributed by atoms with van der Waals surface area (Å²) in [6, 6.07) is 7.02. The average molecular weight is 304 g/mol. The van der Waals surface area contributed by atoms with Crippen LogP contribution < -0.4 is 10.2 Å². The highest BCUT2D eigenvalue weighted by Crippen LogP contribution is 2.23. The Hall–Kier alpha value is -1.72. The number of amides is 2. The molecule has 1 fully saturated rings. The van der Waals surface area contributed by atoms with E-state index in [0.29, 0.717) is 18.8 Å². The van der Waals surface area contributed by atoms with Gasteiger partial charge in [0, 0.05) is 6.61 Å². The Morgan fingerprint density at radius 1 is 1.36 bits per heavy atom. The van der Waals surface area contributed by atoms with Gasteiger partial charge in [0.05, 0.1) is 24.3 Å². The van der Waals surface area contributed by atoms with E-state index in [1.807, 2.05) is 39.0 Å². The minimum Gasteiger partial charge on any atom is -0.379 e. The van der Waals surface area contributed by atoms with Gasteiger partial charge in [-0.15, -0.1) is 0 Å². The lowest BCUT2D eigenvalue weighted by molar-refractivity contribution is -0.121. The molecule has 22 heavy (non-hydrogen) atoms. The summed E-state index contributed by atoms with van der Waals surface area (Å²) in [6.45, 7) is 7.25. The highest BCUT2D eigenvalue weighted by atomic mass is 16.5. The molecule has 1 heterocycles. The molecule has 2 amide bonds. The molecule has 0 aromatic heterocycles. The molecular formula is C17H24N2O3. The number of nitrogens with zero attached hydrogens (tertiary/aromatic N) is 1. The summed E-state index contributed by atoms with van der Waals surface area (Å²) in [5, 5.41) is 3.16. The number of rotatable bonds is 7. The van der Waals surface area contributed by atoms with Crippen molar-refractivity contribution < 1.29 is 14.3 Å². The molecule has 1 N–H and O–H groups in total. The molecule has 0 bridgehead atoms. The van der Waals surface area contributed by atoms with E-state index >= 15 is 0 Å². The molecule has 5 heteroatoms. The van der Waals surface area contributed by atoms with Crippen molar-refractivity contribution in [2.75, 3.05) is 18.1 Å². The molecule has 1 atom stereocenters. The van der Waals surface area contributed by atoms with Gasteiger partial charge in [0.2, 0.25) is 5.91 Å². The van der Waals surface area contributed by atoms with Gasteiger partial charge in [-0.05, 0) is 51.4 Å². The van der Waals surface area contributed by atoms with Gasteiger partial charge in [-0.3, -0.25) is 9.59 Å². The van der Waals surface area contributed by atoms with Crippen molar-refractivity contribution in [3.05, 3.63) is 29.8 Å². The quantitative estimate of drug-likeness (QED) is 0.618. The van der Waals surface area contributed by atoms with E-state index in [0.717, 1.165) is 12.0 Å². The normalized spacial score (nSPS) is 18.5. The van der Waals surface area contributed by atoms with Gasteiger partial charge in [0.25, 0.3) is 5.91 Å². The molecule has 1 unspecified atom stereocenters. The fourth-order valence-electron chi connectivity index (χ4n) is 2.50. The lowest BCUT2D eigenvalue weighted by Gasteiger charge is -2.16. The molecule has 0 radical (unpaired) electrons. The standard InChI is InChI=1S/C17H24N2O3/c1-12(2)22-9-5-8-18-15-11-16(20)19(17(15)21)14-7-4-6-13(3)10-14/h4,6-7,10,12,15,18H,5,8-9,11H2,1-3H3. The van der Waals surface area contributed by atoms with Crippen molar-refractivity contribution in [3.8, 4) is 0 Å². The lowest BCUT2D eigenvalue weighted by atomic mass is 10.2. The predicted octanol–water partition coefficient (Wildman–Crippen LogP) is 2.03. The minimum atomic E-state index is -0.424. The summed E-state index contributed by atoms with van der Waals surface area (Å²) < 4.78 is 5.46. The molecule has 0 spiro atoms. The van der Waals surface area contributed by atoms with Crippen LogP contribution in [-0.2, 0) is 14.3 Å². The Bertz CT molecular complexity index is 542. The summed E-state index contributed by atoms with van der Waals surface area (Å²) in [4.78, 5) is 25.8. The first-order chi connectivity index (χ1) is 10.5. The molecule has 1 aromatic rings. The Morgan fingerprint density at radius 2 is 2.14 bits per heavy atom. The van der Waals surface area contributed by atoms with Crippen molar-refractivity contribution in [1.29, 1.82) is 0 Å². The highest BCUT2D eigenvalue weighted by Gasteiger charge is 2.39. The van der Waals surface area contributed by atoms with Crippen LogP contribution in [0.3, 0.4) is 0 Å². The average Bonchev–Trinajstić information content (AvgIpc) is 2.73. The van der Waals surface area contributed by atoms with Gasteiger partial charge < -0.3 is 10.1 Å². The van der Waals surface area contributed by atoms with E-state index in [2.05, 4.69) is 5.32 Å². The van der Waals surface area contributed by atoms with Crippen molar-refractivity contribution in [2.45, 2.75) is 45.8 Å². The van der Waals surface area contributed by atoms with Crippen molar-refractivity contribution in [2.24, 2.45) is 0 Å². The topological polar surface area (TPSA) is 58.6 Å². The second-order valence-electron chi connectivity index (χ2n) is 5.89. The van der Waals surface area contributed by atoms with Crippen LogP contribution in [0.4, 0.5) is 5.69 Å². The number of benzene rings is 1. The highest BCUT2D eigenvalue weighted by molar-refractivity contribution is 6.22. The maximum absolute atomic E-state index is 12.4. The summed E-state index contributed by atoms with van der Waals surface area (Å²) >= 11 is 0. The zero-order chi connectivity index (χ0) is 16.1. The Morgan fingerprint density at radius 3 is 2.82 bits per heavy atom. The molecule has 1 aliphatic heterocycles. The maximum atomic E-state index is 12.4. The number of aryl methyl sites for hydroxylation is 1. The van der Waals surface area contributed by atoms with E-state index in [4.69, 9.17) is 4.74 Å². The third kappa shape index (κ3) is 4.15. The minimum absolute atomic E-state index is 0.147. The van der Waals surface area contributed by atoms with Crippen LogP contribution in [0.5, 0.6) is 0 Å². The zero-order valence-electron chi connectivity index (χ0n) is 13.5. The molecular weight excluding hydrogens is 280 g/mol. The van der Waals surface area contributed by atoms with Gasteiger partial charge in [0.15, 0.2) is 0 Å². The lowest BCUT2D eigenvalue weighted by Crippen LogP contribution is -2.39. The first-order valence-corrected chi connectivity index (χ1v) is 7.77. The van der Waals surface area contributed by atoms with Gasteiger partial charge in [0.1, 0.15) is 0 Å². The van der Waals surface area contributed by atoms with E-state index in [1.165, 1.54) is 4.90 Å². The molecule has 1 aliphatic rings. The number of nitrogens with one attached hydrogen (secondary N) is 1. The number of hydrogen-bond donors (Lipinski definition) is 1. The number of imide groups is 1. The molecule has 2 rings (SSSR count). The molecule has 1 saturated heterocycles. The second-order valence-corrected chi connectivity index (χ2v) is 5.89. The largest absolute Gasteiger partial charge is 0.379 e. The summed E-state index contributed by atoms with van der Waals surface area (Å²) in [6.07, 6.45) is 1.25. The van der Waals surface area contributed by atoms with E-state index in [9.17, 15) is 9.59 Å².